The fourth-order valence-corrected chi connectivity index (χ4v) is 3.40. The fourth-order valence-electron chi connectivity index (χ4n) is 3.40. The maximum Gasteiger partial charge on any atom is 0.317 e. The Bertz CT molecular complexity index is 832. The number of ether oxygens (including phenoxy) is 1. The number of piperidine rings is 1. The zero-order chi connectivity index (χ0) is 20.8. The second-order valence-electron chi connectivity index (χ2n) is 7.12. The molecule has 2 heterocycles. The Morgan fingerprint density at radius 1 is 1.31 bits per heavy atom. The highest BCUT2D eigenvalue weighted by Gasteiger charge is 2.28. The molecule has 0 bridgehead atoms. The van der Waals surface area contributed by atoms with Gasteiger partial charge < -0.3 is 24.7 Å². The van der Waals surface area contributed by atoms with Crippen LogP contribution in [0.25, 0.3) is 0 Å². The van der Waals surface area contributed by atoms with Crippen LogP contribution in [-0.4, -0.2) is 37.0 Å². The smallest absolute Gasteiger partial charge is 0.317 e. The molecule has 3 rings (SSSR count). The van der Waals surface area contributed by atoms with Crippen molar-refractivity contribution in [2.75, 3.05) is 20.2 Å². The van der Waals surface area contributed by atoms with E-state index in [2.05, 4.69) is 10.6 Å². The lowest BCUT2D eigenvalue weighted by atomic mass is 9.95. The predicted molar refractivity (Wildman–Crippen MR) is 105 cm³/mol. The van der Waals surface area contributed by atoms with E-state index in [1.54, 1.807) is 35.4 Å². The van der Waals surface area contributed by atoms with Gasteiger partial charge in [-0.3, -0.25) is 4.79 Å². The summed E-state index contributed by atoms with van der Waals surface area (Å²) in [5, 5.41) is 5.75. The van der Waals surface area contributed by atoms with Crippen molar-refractivity contribution in [1.82, 2.24) is 15.5 Å². The van der Waals surface area contributed by atoms with Gasteiger partial charge in [0.1, 0.15) is 5.76 Å². The number of rotatable bonds is 6. The van der Waals surface area contributed by atoms with E-state index in [1.165, 1.54) is 13.2 Å². The van der Waals surface area contributed by atoms with Crippen LogP contribution in [0.2, 0.25) is 0 Å². The summed E-state index contributed by atoms with van der Waals surface area (Å²) in [6.07, 6.45) is 2.74. The normalized spacial score (nSPS) is 15.6. The molecule has 1 fully saturated rings. The van der Waals surface area contributed by atoms with Crippen LogP contribution >= 0.6 is 0 Å². The topological polar surface area (TPSA) is 83.8 Å². The van der Waals surface area contributed by atoms with E-state index in [9.17, 15) is 14.0 Å². The summed E-state index contributed by atoms with van der Waals surface area (Å²) in [4.78, 5) is 26.5. The predicted octanol–water partition coefficient (Wildman–Crippen LogP) is 3.23. The molecule has 0 radical (unpaired) electrons. The summed E-state index contributed by atoms with van der Waals surface area (Å²) in [6.45, 7) is 3.17. The van der Waals surface area contributed by atoms with Gasteiger partial charge >= 0.3 is 6.03 Å². The van der Waals surface area contributed by atoms with Crippen LogP contribution in [-0.2, 0) is 11.3 Å². The van der Waals surface area contributed by atoms with E-state index < -0.39 is 5.82 Å². The highest BCUT2D eigenvalue weighted by molar-refractivity contribution is 5.80. The van der Waals surface area contributed by atoms with Crippen LogP contribution < -0.4 is 15.4 Å². The molecule has 1 atom stereocenters. The highest BCUT2D eigenvalue weighted by atomic mass is 19.1. The summed E-state index contributed by atoms with van der Waals surface area (Å²) in [5.74, 6) is 0.153. The molecule has 1 aliphatic heterocycles. The Hall–Kier alpha value is -3.03. The molecule has 2 aromatic rings. The number of methoxy groups -OCH3 is 1. The Morgan fingerprint density at radius 3 is 2.69 bits per heavy atom. The third-order valence-electron chi connectivity index (χ3n) is 5.18. The van der Waals surface area contributed by atoms with E-state index in [4.69, 9.17) is 9.15 Å². The van der Waals surface area contributed by atoms with Crippen LogP contribution in [0.5, 0.6) is 5.75 Å². The minimum Gasteiger partial charge on any atom is -0.494 e. The van der Waals surface area contributed by atoms with Crippen molar-refractivity contribution in [3.05, 3.63) is 53.7 Å². The number of nitrogens with zero attached hydrogens (tertiary/aromatic N) is 1. The Morgan fingerprint density at radius 2 is 2.07 bits per heavy atom. The van der Waals surface area contributed by atoms with Crippen LogP contribution in [0.15, 0.2) is 41.0 Å². The first kappa shape index (κ1) is 20.7. The van der Waals surface area contributed by atoms with Gasteiger partial charge in [-0.1, -0.05) is 6.07 Å². The van der Waals surface area contributed by atoms with Gasteiger partial charge in [0.15, 0.2) is 11.6 Å². The molecule has 0 saturated carbocycles. The van der Waals surface area contributed by atoms with Gasteiger partial charge in [-0.15, -0.1) is 0 Å². The molecule has 2 N–H and O–H groups in total. The number of amides is 3. The largest absolute Gasteiger partial charge is 0.494 e. The van der Waals surface area contributed by atoms with E-state index in [0.717, 1.165) is 0 Å². The van der Waals surface area contributed by atoms with Crippen molar-refractivity contribution in [1.29, 1.82) is 0 Å². The van der Waals surface area contributed by atoms with Crippen LogP contribution in [0, 0.1) is 11.7 Å². The van der Waals surface area contributed by atoms with Gasteiger partial charge in [-0.2, -0.15) is 0 Å². The number of benzene rings is 1. The lowest BCUT2D eigenvalue weighted by Crippen LogP contribution is -2.46. The SMILES string of the molecule is COc1ccc(C(C)NC(=O)C2CCN(C(=O)NCc3ccco3)CC2)cc1F. The zero-order valence-corrected chi connectivity index (χ0v) is 16.6. The van der Waals surface area contributed by atoms with Crippen LogP contribution in [0.4, 0.5) is 9.18 Å². The molecule has 7 nitrogen and oxygen atoms in total. The standard InChI is InChI=1S/C21H26FN3O4/c1-14(16-5-6-19(28-2)18(22)12-16)24-20(26)15-7-9-25(10-8-15)21(27)23-13-17-4-3-11-29-17/h3-6,11-12,14-15H,7-10,13H2,1-2H3,(H,23,27)(H,24,26). The minimum atomic E-state index is -0.458. The monoisotopic (exact) mass is 403 g/mol. The number of hydrogen-bond donors (Lipinski definition) is 2. The van der Waals surface area contributed by atoms with Gasteiger partial charge in [-0.25, -0.2) is 9.18 Å². The molecular formula is C21H26FN3O4. The first-order valence-corrected chi connectivity index (χ1v) is 9.67. The summed E-state index contributed by atoms with van der Waals surface area (Å²) in [6, 6.07) is 7.74. The zero-order valence-electron chi connectivity index (χ0n) is 16.6. The number of hydrogen-bond acceptors (Lipinski definition) is 4. The fraction of sp³-hybridized carbons (Fsp3) is 0.429. The average Bonchev–Trinajstić information content (AvgIpc) is 3.25. The second-order valence-corrected chi connectivity index (χ2v) is 7.12. The van der Waals surface area contributed by atoms with Gasteiger partial charge in [-0.05, 0) is 49.6 Å². The minimum absolute atomic E-state index is 0.0793. The summed E-state index contributed by atoms with van der Waals surface area (Å²) >= 11 is 0. The summed E-state index contributed by atoms with van der Waals surface area (Å²) in [7, 11) is 1.41. The lowest BCUT2D eigenvalue weighted by Gasteiger charge is -2.32. The number of halogens is 1. The van der Waals surface area contributed by atoms with Gasteiger partial charge in [0, 0.05) is 19.0 Å². The molecule has 0 aliphatic carbocycles. The molecule has 8 heteroatoms. The molecule has 0 spiro atoms. The molecular weight excluding hydrogens is 377 g/mol. The van der Waals surface area contributed by atoms with Crippen molar-refractivity contribution in [3.63, 3.8) is 0 Å². The lowest BCUT2D eigenvalue weighted by molar-refractivity contribution is -0.126. The van der Waals surface area contributed by atoms with E-state index >= 15 is 0 Å². The Labute approximate surface area is 169 Å². The molecule has 1 aromatic heterocycles. The van der Waals surface area contributed by atoms with Crippen molar-refractivity contribution in [2.45, 2.75) is 32.4 Å². The number of carbonyl (C=O) groups is 2. The number of furan rings is 1. The maximum atomic E-state index is 13.9. The molecule has 1 unspecified atom stereocenters. The highest BCUT2D eigenvalue weighted by Crippen LogP contribution is 2.23. The van der Waals surface area contributed by atoms with Crippen LogP contribution in [0.1, 0.15) is 37.1 Å². The Balaban J connectivity index is 1.45. The molecule has 1 aliphatic rings. The third kappa shape index (κ3) is 5.28. The van der Waals surface area contributed by atoms with Crippen molar-refractivity contribution in [2.24, 2.45) is 5.92 Å². The second kappa shape index (κ2) is 9.45. The van der Waals surface area contributed by atoms with Gasteiger partial charge in [0.05, 0.1) is 26.0 Å². The maximum absolute atomic E-state index is 13.9. The van der Waals surface area contributed by atoms with Gasteiger partial charge in [0.25, 0.3) is 0 Å². The number of carbonyl (C=O) groups excluding carboxylic acids is 2. The summed E-state index contributed by atoms with van der Waals surface area (Å²) < 4.78 is 24.0. The molecule has 1 saturated heterocycles. The van der Waals surface area contributed by atoms with E-state index in [-0.39, 0.29) is 29.6 Å². The number of urea groups is 1. The van der Waals surface area contributed by atoms with E-state index in [1.807, 2.05) is 6.92 Å². The molecule has 29 heavy (non-hydrogen) atoms. The van der Waals surface area contributed by atoms with E-state index in [0.29, 0.717) is 43.8 Å². The first-order valence-electron chi connectivity index (χ1n) is 9.67. The van der Waals surface area contributed by atoms with Crippen molar-refractivity contribution < 1.29 is 23.1 Å². The van der Waals surface area contributed by atoms with Crippen molar-refractivity contribution in [3.8, 4) is 5.75 Å². The summed E-state index contributed by atoms with van der Waals surface area (Å²) in [5.41, 5.74) is 0.673. The molecule has 1 aromatic carbocycles. The van der Waals surface area contributed by atoms with Crippen molar-refractivity contribution >= 4 is 11.9 Å². The molecule has 156 valence electrons. The first-order chi connectivity index (χ1) is 14.0. The Kier molecular flexibility index (Phi) is 6.74. The van der Waals surface area contributed by atoms with Gasteiger partial charge in [0.2, 0.25) is 5.91 Å². The number of nitrogens with one attached hydrogen (secondary N) is 2. The number of likely N-dealkylation sites (tertiary alicyclic amines) is 1. The molecule has 3 amide bonds. The quantitative estimate of drug-likeness (QED) is 0.776. The van der Waals surface area contributed by atoms with Crippen LogP contribution in [0.3, 0.4) is 0 Å². The average molecular weight is 403 g/mol. The third-order valence-corrected chi connectivity index (χ3v) is 5.18.